The van der Waals surface area contributed by atoms with Crippen molar-refractivity contribution in [2.75, 3.05) is 5.75 Å². The fraction of sp³-hybridized carbons (Fsp3) is 0.900. The summed E-state index contributed by atoms with van der Waals surface area (Å²) in [5.41, 5.74) is 2.19. The third kappa shape index (κ3) is 5.50. The SMILES string of the molecule is CCCCCSC(C)C(C)C(=O)NN. The molecule has 0 bridgehead atoms. The first kappa shape index (κ1) is 13.8. The highest BCUT2D eigenvalue weighted by molar-refractivity contribution is 7.99. The van der Waals surface area contributed by atoms with Crippen molar-refractivity contribution in [1.82, 2.24) is 5.43 Å². The van der Waals surface area contributed by atoms with E-state index in [2.05, 4.69) is 19.3 Å². The molecule has 0 saturated heterocycles. The number of rotatable bonds is 7. The van der Waals surface area contributed by atoms with Gasteiger partial charge in [0.1, 0.15) is 0 Å². The van der Waals surface area contributed by atoms with E-state index < -0.39 is 0 Å². The molecule has 0 radical (unpaired) electrons. The van der Waals surface area contributed by atoms with Crippen LogP contribution in [0.15, 0.2) is 0 Å². The molecular weight excluding hydrogens is 196 g/mol. The van der Waals surface area contributed by atoms with Crippen molar-refractivity contribution in [3.8, 4) is 0 Å². The van der Waals surface area contributed by atoms with E-state index in [4.69, 9.17) is 5.84 Å². The van der Waals surface area contributed by atoms with E-state index >= 15 is 0 Å². The van der Waals surface area contributed by atoms with Gasteiger partial charge in [-0.1, -0.05) is 33.6 Å². The molecule has 0 aliphatic carbocycles. The van der Waals surface area contributed by atoms with Crippen LogP contribution in [-0.2, 0) is 4.79 Å². The third-order valence-electron chi connectivity index (χ3n) is 2.39. The van der Waals surface area contributed by atoms with Gasteiger partial charge in [-0.05, 0) is 12.2 Å². The Morgan fingerprint density at radius 1 is 1.43 bits per heavy atom. The second-order valence-corrected chi connectivity index (χ2v) is 5.07. The summed E-state index contributed by atoms with van der Waals surface area (Å²) in [7, 11) is 0. The van der Waals surface area contributed by atoms with Gasteiger partial charge >= 0.3 is 0 Å². The maximum atomic E-state index is 11.2. The highest BCUT2D eigenvalue weighted by Gasteiger charge is 2.19. The molecule has 84 valence electrons. The van der Waals surface area contributed by atoms with E-state index in [0.29, 0.717) is 5.25 Å². The number of carbonyl (C=O) groups is 1. The summed E-state index contributed by atoms with van der Waals surface area (Å²) in [6, 6.07) is 0. The molecule has 0 aromatic carbocycles. The minimum absolute atomic E-state index is 0.00775. The summed E-state index contributed by atoms with van der Waals surface area (Å²) in [4.78, 5) is 11.2. The molecule has 0 aliphatic heterocycles. The van der Waals surface area contributed by atoms with Crippen molar-refractivity contribution in [3.05, 3.63) is 0 Å². The van der Waals surface area contributed by atoms with Gasteiger partial charge in [0.05, 0.1) is 0 Å². The molecule has 0 aromatic heterocycles. The largest absolute Gasteiger partial charge is 0.294 e. The summed E-state index contributed by atoms with van der Waals surface area (Å²) in [6.07, 6.45) is 3.76. The second-order valence-electron chi connectivity index (χ2n) is 3.58. The number of nitrogens with one attached hydrogen (secondary N) is 1. The monoisotopic (exact) mass is 218 g/mol. The molecule has 2 unspecified atom stereocenters. The summed E-state index contributed by atoms with van der Waals surface area (Å²) >= 11 is 1.85. The van der Waals surface area contributed by atoms with Crippen molar-refractivity contribution in [3.63, 3.8) is 0 Å². The summed E-state index contributed by atoms with van der Waals surface area (Å²) in [6.45, 7) is 6.19. The smallest absolute Gasteiger partial charge is 0.237 e. The predicted octanol–water partition coefficient (Wildman–Crippen LogP) is 1.92. The molecule has 3 N–H and O–H groups in total. The molecule has 1 amide bonds. The zero-order chi connectivity index (χ0) is 11.0. The fourth-order valence-corrected chi connectivity index (χ4v) is 2.27. The van der Waals surface area contributed by atoms with Crippen LogP contribution in [0.4, 0.5) is 0 Å². The molecule has 0 rings (SSSR count). The van der Waals surface area contributed by atoms with Crippen molar-refractivity contribution < 1.29 is 4.79 Å². The van der Waals surface area contributed by atoms with Crippen molar-refractivity contribution in [2.24, 2.45) is 11.8 Å². The van der Waals surface area contributed by atoms with E-state index in [1.54, 1.807) is 0 Å². The van der Waals surface area contributed by atoms with Gasteiger partial charge in [-0.2, -0.15) is 11.8 Å². The van der Waals surface area contributed by atoms with E-state index in [0.717, 1.165) is 5.75 Å². The summed E-state index contributed by atoms with van der Waals surface area (Å²) < 4.78 is 0. The lowest BCUT2D eigenvalue weighted by atomic mass is 10.1. The number of hydrogen-bond acceptors (Lipinski definition) is 3. The predicted molar refractivity (Wildman–Crippen MR) is 62.9 cm³/mol. The van der Waals surface area contributed by atoms with Crippen LogP contribution in [-0.4, -0.2) is 16.9 Å². The maximum Gasteiger partial charge on any atom is 0.237 e. The minimum atomic E-state index is -0.0690. The van der Waals surface area contributed by atoms with Crippen LogP contribution < -0.4 is 11.3 Å². The maximum absolute atomic E-state index is 11.2. The van der Waals surface area contributed by atoms with Crippen molar-refractivity contribution in [2.45, 2.75) is 45.3 Å². The average Bonchev–Trinajstić information content (AvgIpc) is 2.21. The molecule has 3 nitrogen and oxygen atoms in total. The number of thioether (sulfide) groups is 1. The number of carbonyl (C=O) groups excluding carboxylic acids is 1. The molecule has 0 saturated carbocycles. The summed E-state index contributed by atoms with van der Waals surface area (Å²) in [5, 5.41) is 0.343. The standard InChI is InChI=1S/C10H22N2OS/c1-4-5-6-7-14-9(3)8(2)10(13)12-11/h8-9H,4-7,11H2,1-3H3,(H,12,13). The Morgan fingerprint density at radius 3 is 2.57 bits per heavy atom. The molecule has 0 fully saturated rings. The van der Waals surface area contributed by atoms with Crippen LogP contribution in [0.3, 0.4) is 0 Å². The fourth-order valence-electron chi connectivity index (χ4n) is 1.11. The number of unbranched alkanes of at least 4 members (excludes halogenated alkanes) is 2. The average molecular weight is 218 g/mol. The Bertz CT molecular complexity index is 164. The quantitative estimate of drug-likeness (QED) is 0.297. The van der Waals surface area contributed by atoms with Gasteiger partial charge in [0, 0.05) is 11.2 Å². The van der Waals surface area contributed by atoms with Gasteiger partial charge in [0.2, 0.25) is 5.91 Å². The Balaban J connectivity index is 3.61. The molecule has 2 atom stereocenters. The Morgan fingerprint density at radius 2 is 2.07 bits per heavy atom. The van der Waals surface area contributed by atoms with Crippen LogP contribution in [0.25, 0.3) is 0 Å². The van der Waals surface area contributed by atoms with Gasteiger partial charge in [-0.3, -0.25) is 10.2 Å². The molecule has 4 heteroatoms. The van der Waals surface area contributed by atoms with Gasteiger partial charge in [-0.15, -0.1) is 0 Å². The third-order valence-corrected chi connectivity index (χ3v) is 3.85. The number of hydrazine groups is 1. The van der Waals surface area contributed by atoms with E-state index in [1.165, 1.54) is 19.3 Å². The van der Waals surface area contributed by atoms with E-state index in [9.17, 15) is 4.79 Å². The van der Waals surface area contributed by atoms with E-state index in [-0.39, 0.29) is 11.8 Å². The van der Waals surface area contributed by atoms with Crippen LogP contribution >= 0.6 is 11.8 Å². The lowest BCUT2D eigenvalue weighted by Crippen LogP contribution is -2.38. The van der Waals surface area contributed by atoms with Gasteiger partial charge in [-0.25, -0.2) is 5.84 Å². The molecule has 0 aromatic rings. The molecule has 0 heterocycles. The first-order valence-electron chi connectivity index (χ1n) is 5.25. The Labute approximate surface area is 91.2 Å². The van der Waals surface area contributed by atoms with Gasteiger partial charge in [0.25, 0.3) is 0 Å². The molecule has 0 aliphatic rings. The first-order valence-corrected chi connectivity index (χ1v) is 6.30. The van der Waals surface area contributed by atoms with Crippen LogP contribution in [0.5, 0.6) is 0 Å². The lowest BCUT2D eigenvalue weighted by molar-refractivity contribution is -0.124. The Kier molecular flexibility index (Phi) is 7.99. The lowest BCUT2D eigenvalue weighted by Gasteiger charge is -2.17. The number of amides is 1. The highest BCUT2D eigenvalue weighted by atomic mass is 32.2. The van der Waals surface area contributed by atoms with Gasteiger partial charge in [0.15, 0.2) is 0 Å². The normalized spacial score (nSPS) is 14.9. The molecule has 0 spiro atoms. The first-order chi connectivity index (χ1) is 6.63. The number of hydrogen-bond donors (Lipinski definition) is 2. The number of nitrogens with two attached hydrogens (primary N) is 1. The molecule has 14 heavy (non-hydrogen) atoms. The van der Waals surface area contributed by atoms with Crippen molar-refractivity contribution in [1.29, 1.82) is 0 Å². The van der Waals surface area contributed by atoms with Crippen LogP contribution in [0, 0.1) is 5.92 Å². The highest BCUT2D eigenvalue weighted by Crippen LogP contribution is 2.20. The van der Waals surface area contributed by atoms with E-state index in [1.807, 2.05) is 18.7 Å². The van der Waals surface area contributed by atoms with Gasteiger partial charge < -0.3 is 0 Å². The van der Waals surface area contributed by atoms with Crippen LogP contribution in [0.2, 0.25) is 0 Å². The van der Waals surface area contributed by atoms with Crippen LogP contribution in [0.1, 0.15) is 40.0 Å². The van der Waals surface area contributed by atoms with Crippen molar-refractivity contribution >= 4 is 17.7 Å². The zero-order valence-corrected chi connectivity index (χ0v) is 10.2. The topological polar surface area (TPSA) is 55.1 Å². The molecular formula is C10H22N2OS. The minimum Gasteiger partial charge on any atom is -0.294 e. The Hall–Kier alpha value is -0.220. The zero-order valence-electron chi connectivity index (χ0n) is 9.38. The summed E-state index contributed by atoms with van der Waals surface area (Å²) in [5.74, 6) is 6.14. The second kappa shape index (κ2) is 8.12.